The Labute approximate surface area is 166 Å². The number of benzene rings is 1. The molecule has 1 heterocycles. The molecule has 2 rings (SSSR count). The Morgan fingerprint density at radius 1 is 1.29 bits per heavy atom. The molecule has 150 valence electrons. The van der Waals surface area contributed by atoms with Crippen LogP contribution in [-0.2, 0) is 16.1 Å². The first kappa shape index (κ1) is 21.4. The van der Waals surface area contributed by atoms with E-state index in [0.717, 1.165) is 22.3 Å². The van der Waals surface area contributed by atoms with E-state index in [4.69, 9.17) is 4.74 Å². The van der Waals surface area contributed by atoms with E-state index in [1.54, 1.807) is 17.0 Å². The van der Waals surface area contributed by atoms with Gasteiger partial charge < -0.3 is 14.6 Å². The lowest BCUT2D eigenvalue weighted by atomic mass is 10.1. The van der Waals surface area contributed by atoms with Gasteiger partial charge in [0, 0.05) is 41.1 Å². The van der Waals surface area contributed by atoms with E-state index in [-0.39, 0.29) is 18.3 Å². The number of allylic oxidation sites excluding steroid dienone is 2. The fourth-order valence-electron chi connectivity index (χ4n) is 2.83. The monoisotopic (exact) mass is 383 g/mol. The molecule has 28 heavy (non-hydrogen) atoms. The maximum Gasteiger partial charge on any atom is 0.326 e. The first-order chi connectivity index (χ1) is 13.1. The Balaban J connectivity index is 2.38. The molecule has 0 bridgehead atoms. The molecule has 2 aromatic rings. The van der Waals surface area contributed by atoms with Crippen molar-refractivity contribution in [3.8, 4) is 0 Å². The van der Waals surface area contributed by atoms with E-state index in [1.165, 1.54) is 6.92 Å². The molecular weight excluding hydrogens is 354 g/mol. The van der Waals surface area contributed by atoms with Crippen LogP contribution in [0.1, 0.15) is 51.9 Å². The number of ketones is 1. The molecule has 0 unspecified atom stereocenters. The van der Waals surface area contributed by atoms with Crippen LogP contribution in [0.25, 0.3) is 10.9 Å². The maximum atomic E-state index is 12.2. The number of aliphatic imine (C=N–C) groups is 1. The molecule has 0 saturated heterocycles. The number of fused-ring (bicyclic) bond motifs is 1. The zero-order chi connectivity index (χ0) is 20.9. The van der Waals surface area contributed by atoms with Gasteiger partial charge in [0.25, 0.3) is 0 Å². The number of anilines is 1. The Kier molecular flexibility index (Phi) is 6.78. The zero-order valence-corrected chi connectivity index (χ0v) is 17.5. The second-order valence-corrected chi connectivity index (χ2v) is 7.54. The van der Waals surface area contributed by atoms with Gasteiger partial charge in [0.2, 0.25) is 0 Å². The predicted molar refractivity (Wildman–Crippen MR) is 114 cm³/mol. The minimum absolute atomic E-state index is 0.0520. The highest BCUT2D eigenvalue weighted by molar-refractivity contribution is 6.08. The number of hydrogen-bond acceptors (Lipinski definition) is 5. The topological polar surface area (TPSA) is 72.7 Å². The molecular formula is C22H29N3O3. The van der Waals surface area contributed by atoms with Gasteiger partial charge in [-0.25, -0.2) is 0 Å². The van der Waals surface area contributed by atoms with Gasteiger partial charge >= 0.3 is 5.97 Å². The number of carbonyl (C=O) groups is 2. The molecule has 1 N–H and O–H groups in total. The number of nitrogens with zero attached hydrogens (tertiary/aromatic N) is 2. The Morgan fingerprint density at radius 2 is 2.00 bits per heavy atom. The molecule has 0 fully saturated rings. The number of ether oxygens (including phenoxy) is 1. The van der Waals surface area contributed by atoms with Crippen LogP contribution in [0.2, 0.25) is 0 Å². The third-order valence-electron chi connectivity index (χ3n) is 3.99. The van der Waals surface area contributed by atoms with Crippen LogP contribution in [-0.4, -0.2) is 34.7 Å². The predicted octanol–water partition coefficient (Wildman–Crippen LogP) is 4.59. The summed E-state index contributed by atoms with van der Waals surface area (Å²) in [5.41, 5.74) is 2.56. The molecule has 0 spiro atoms. The van der Waals surface area contributed by atoms with Gasteiger partial charge in [-0.1, -0.05) is 6.08 Å². The fraction of sp³-hybridized carbons (Fsp3) is 0.409. The van der Waals surface area contributed by atoms with E-state index in [1.807, 2.05) is 58.9 Å². The molecule has 0 aliphatic carbocycles. The van der Waals surface area contributed by atoms with Crippen molar-refractivity contribution in [1.29, 1.82) is 0 Å². The van der Waals surface area contributed by atoms with Crippen molar-refractivity contribution in [3.05, 3.63) is 41.7 Å². The van der Waals surface area contributed by atoms with Gasteiger partial charge in [-0.05, 0) is 59.7 Å². The Bertz CT molecular complexity index is 930. The van der Waals surface area contributed by atoms with E-state index in [0.29, 0.717) is 12.1 Å². The summed E-state index contributed by atoms with van der Waals surface area (Å²) in [6, 6.07) is 5.74. The highest BCUT2D eigenvalue weighted by atomic mass is 16.6. The van der Waals surface area contributed by atoms with Gasteiger partial charge in [-0.15, -0.1) is 0 Å². The van der Waals surface area contributed by atoms with Crippen molar-refractivity contribution in [2.45, 2.75) is 53.7 Å². The van der Waals surface area contributed by atoms with Crippen LogP contribution >= 0.6 is 0 Å². The fourth-order valence-corrected chi connectivity index (χ4v) is 2.83. The summed E-state index contributed by atoms with van der Waals surface area (Å²) in [4.78, 5) is 28.6. The van der Waals surface area contributed by atoms with E-state index in [9.17, 15) is 9.59 Å². The van der Waals surface area contributed by atoms with E-state index >= 15 is 0 Å². The molecule has 1 aromatic heterocycles. The van der Waals surface area contributed by atoms with Crippen LogP contribution in [0.5, 0.6) is 0 Å². The molecule has 6 heteroatoms. The van der Waals surface area contributed by atoms with Gasteiger partial charge in [0.15, 0.2) is 5.78 Å². The van der Waals surface area contributed by atoms with Crippen LogP contribution < -0.4 is 5.32 Å². The number of hydrogen-bond donors (Lipinski definition) is 1. The summed E-state index contributed by atoms with van der Waals surface area (Å²) in [6.07, 6.45) is 5.43. The SMILES string of the molecule is C/C=C(\C=NCC)Nc1ccc2c(c1)c(C(C)=O)cn2CC(=O)OC(C)(C)C. The largest absolute Gasteiger partial charge is 0.459 e. The molecule has 1 aromatic carbocycles. The lowest BCUT2D eigenvalue weighted by Crippen LogP contribution is -2.26. The van der Waals surface area contributed by atoms with Crippen molar-refractivity contribution < 1.29 is 14.3 Å². The standard InChI is InChI=1S/C22H29N3O3/c1-7-16(12-23-8-2)24-17-9-10-20-18(11-17)19(15(3)26)13-25(20)14-21(27)28-22(4,5)6/h7,9-13,24H,8,14H2,1-6H3/b16-7+,23-12?. The molecule has 0 aliphatic heterocycles. The summed E-state index contributed by atoms with van der Waals surface area (Å²) >= 11 is 0. The highest BCUT2D eigenvalue weighted by Crippen LogP contribution is 2.26. The van der Waals surface area contributed by atoms with Crippen molar-refractivity contribution >= 4 is 34.6 Å². The van der Waals surface area contributed by atoms with Crippen molar-refractivity contribution in [2.75, 3.05) is 11.9 Å². The van der Waals surface area contributed by atoms with Crippen molar-refractivity contribution in [2.24, 2.45) is 4.99 Å². The molecule has 6 nitrogen and oxygen atoms in total. The molecule has 0 atom stereocenters. The van der Waals surface area contributed by atoms with E-state index in [2.05, 4.69) is 10.3 Å². The van der Waals surface area contributed by atoms with Crippen LogP contribution in [0.3, 0.4) is 0 Å². The summed E-state index contributed by atoms with van der Waals surface area (Å²) in [5.74, 6) is -0.391. The second-order valence-electron chi connectivity index (χ2n) is 7.54. The summed E-state index contributed by atoms with van der Waals surface area (Å²) in [5, 5.41) is 4.10. The van der Waals surface area contributed by atoms with Gasteiger partial charge in [-0.3, -0.25) is 14.6 Å². The average Bonchev–Trinajstić information content (AvgIpc) is 2.94. The highest BCUT2D eigenvalue weighted by Gasteiger charge is 2.19. The summed E-state index contributed by atoms with van der Waals surface area (Å²) in [6.45, 7) is 11.7. The summed E-state index contributed by atoms with van der Waals surface area (Å²) in [7, 11) is 0. The average molecular weight is 383 g/mol. The number of carbonyl (C=O) groups excluding carboxylic acids is 2. The minimum atomic E-state index is -0.552. The van der Waals surface area contributed by atoms with Crippen LogP contribution in [0.15, 0.2) is 41.2 Å². The first-order valence-electron chi connectivity index (χ1n) is 9.43. The van der Waals surface area contributed by atoms with Crippen molar-refractivity contribution in [1.82, 2.24) is 4.57 Å². The molecule has 0 saturated carbocycles. The molecule has 0 amide bonds. The number of Topliss-reactive ketones (excluding diaryl/α,β-unsaturated/α-hetero) is 1. The minimum Gasteiger partial charge on any atom is -0.459 e. The molecule has 0 aliphatic rings. The molecule has 0 radical (unpaired) electrons. The smallest absolute Gasteiger partial charge is 0.326 e. The zero-order valence-electron chi connectivity index (χ0n) is 17.5. The third-order valence-corrected chi connectivity index (χ3v) is 3.99. The van der Waals surface area contributed by atoms with Gasteiger partial charge in [0.1, 0.15) is 12.1 Å². The maximum absolute atomic E-state index is 12.2. The second kappa shape index (κ2) is 8.87. The Morgan fingerprint density at radius 3 is 2.57 bits per heavy atom. The van der Waals surface area contributed by atoms with Crippen LogP contribution in [0.4, 0.5) is 5.69 Å². The lowest BCUT2D eigenvalue weighted by molar-refractivity contribution is -0.155. The first-order valence-corrected chi connectivity index (χ1v) is 9.43. The van der Waals surface area contributed by atoms with Gasteiger partial charge in [0.05, 0.1) is 5.70 Å². The number of esters is 1. The van der Waals surface area contributed by atoms with Gasteiger partial charge in [-0.2, -0.15) is 0 Å². The third kappa shape index (κ3) is 5.55. The van der Waals surface area contributed by atoms with Crippen molar-refractivity contribution in [3.63, 3.8) is 0 Å². The lowest BCUT2D eigenvalue weighted by Gasteiger charge is -2.19. The quantitative estimate of drug-likeness (QED) is 0.431. The summed E-state index contributed by atoms with van der Waals surface area (Å²) < 4.78 is 7.17. The Hall–Kier alpha value is -2.89. The number of nitrogens with one attached hydrogen (secondary N) is 1. The number of rotatable bonds is 7. The van der Waals surface area contributed by atoms with Crippen LogP contribution in [0, 0.1) is 0 Å². The normalized spacial score (nSPS) is 12.6. The van der Waals surface area contributed by atoms with E-state index < -0.39 is 5.60 Å². The number of aromatic nitrogens is 1.